The van der Waals surface area contributed by atoms with Gasteiger partial charge in [-0.05, 0) is 18.2 Å². The number of halogens is 5. The Bertz CT molecular complexity index is 1180. The second-order valence-electron chi connectivity index (χ2n) is 6.38. The fourth-order valence-electron chi connectivity index (χ4n) is 2.70. The summed E-state index contributed by atoms with van der Waals surface area (Å²) in [6.07, 6.45) is 0. The standard InChI is InChI=1S/C19H13Cl3F2N2O2/c1-7(2)17(27)14-18(28)13-15(22)9(20)6-10(21)16(13)26-19(14)25-12-4-3-8(23)5-11(12)24/h3-7H,1-2H3,(H2,25,26,28). The smallest absolute Gasteiger partial charge is 0.204 e. The maximum atomic E-state index is 14.1. The van der Waals surface area contributed by atoms with Gasteiger partial charge >= 0.3 is 0 Å². The molecule has 0 fully saturated rings. The molecule has 9 heteroatoms. The van der Waals surface area contributed by atoms with Crippen LogP contribution in [-0.4, -0.2) is 10.8 Å². The van der Waals surface area contributed by atoms with Gasteiger partial charge in [0.05, 0.1) is 31.7 Å². The van der Waals surface area contributed by atoms with Crippen molar-refractivity contribution in [1.82, 2.24) is 4.98 Å². The number of aromatic amines is 1. The number of pyridine rings is 1. The van der Waals surface area contributed by atoms with Gasteiger partial charge in [-0.1, -0.05) is 48.7 Å². The minimum absolute atomic E-state index is 0.0479. The minimum Gasteiger partial charge on any atom is -0.339 e. The Labute approximate surface area is 173 Å². The van der Waals surface area contributed by atoms with Crippen molar-refractivity contribution < 1.29 is 13.6 Å². The lowest BCUT2D eigenvalue weighted by atomic mass is 9.99. The molecule has 0 spiro atoms. The van der Waals surface area contributed by atoms with Crippen molar-refractivity contribution in [2.24, 2.45) is 5.92 Å². The van der Waals surface area contributed by atoms with E-state index in [9.17, 15) is 18.4 Å². The van der Waals surface area contributed by atoms with E-state index in [2.05, 4.69) is 10.3 Å². The number of Topliss-reactive ketones (excluding diaryl/α,β-unsaturated/α-hetero) is 1. The minimum atomic E-state index is -0.899. The lowest BCUT2D eigenvalue weighted by molar-refractivity contribution is 0.0939. The average molecular weight is 446 g/mol. The summed E-state index contributed by atoms with van der Waals surface area (Å²) < 4.78 is 27.3. The largest absolute Gasteiger partial charge is 0.339 e. The van der Waals surface area contributed by atoms with Crippen LogP contribution in [0.4, 0.5) is 20.3 Å². The van der Waals surface area contributed by atoms with Crippen LogP contribution in [0.25, 0.3) is 10.9 Å². The van der Waals surface area contributed by atoms with Gasteiger partial charge < -0.3 is 10.3 Å². The summed E-state index contributed by atoms with van der Waals surface area (Å²) >= 11 is 18.4. The van der Waals surface area contributed by atoms with Crippen LogP contribution in [0.1, 0.15) is 24.2 Å². The number of aromatic nitrogens is 1. The lowest BCUT2D eigenvalue weighted by Crippen LogP contribution is -2.23. The van der Waals surface area contributed by atoms with Crippen molar-refractivity contribution >= 4 is 63.0 Å². The average Bonchev–Trinajstić information content (AvgIpc) is 2.61. The molecule has 3 aromatic rings. The third kappa shape index (κ3) is 3.60. The lowest BCUT2D eigenvalue weighted by Gasteiger charge is -2.16. The molecule has 0 radical (unpaired) electrons. The summed E-state index contributed by atoms with van der Waals surface area (Å²) in [4.78, 5) is 28.7. The molecule has 0 unspecified atom stereocenters. The highest BCUT2D eigenvalue weighted by atomic mass is 35.5. The Hall–Kier alpha value is -2.15. The molecule has 0 bridgehead atoms. The molecule has 1 aromatic heterocycles. The van der Waals surface area contributed by atoms with Crippen LogP contribution < -0.4 is 10.7 Å². The van der Waals surface area contributed by atoms with Gasteiger partial charge in [0.15, 0.2) is 5.78 Å². The molecular weight excluding hydrogens is 433 g/mol. The first-order valence-electron chi connectivity index (χ1n) is 8.11. The van der Waals surface area contributed by atoms with Crippen LogP contribution in [0.3, 0.4) is 0 Å². The van der Waals surface area contributed by atoms with Crippen molar-refractivity contribution in [2.45, 2.75) is 13.8 Å². The quantitative estimate of drug-likeness (QED) is 0.363. The maximum Gasteiger partial charge on any atom is 0.204 e. The fraction of sp³-hybridized carbons (Fsp3) is 0.158. The number of benzene rings is 2. The number of nitrogens with one attached hydrogen (secondary N) is 2. The molecule has 3 rings (SSSR count). The predicted octanol–water partition coefficient (Wildman–Crippen LogP) is 6.35. The summed E-state index contributed by atoms with van der Waals surface area (Å²) in [7, 11) is 0. The Kier molecular flexibility index (Phi) is 5.66. The van der Waals surface area contributed by atoms with E-state index in [1.165, 1.54) is 6.07 Å². The monoisotopic (exact) mass is 444 g/mol. The van der Waals surface area contributed by atoms with Gasteiger partial charge in [-0.3, -0.25) is 9.59 Å². The van der Waals surface area contributed by atoms with Crippen LogP contribution in [0.15, 0.2) is 29.1 Å². The number of carbonyl (C=O) groups excluding carboxylic acids is 1. The van der Waals surface area contributed by atoms with Crippen molar-refractivity contribution in [3.63, 3.8) is 0 Å². The maximum absolute atomic E-state index is 14.1. The SMILES string of the molecule is CC(C)C(=O)c1c(Nc2ccc(F)cc2F)[nH]c2c(Cl)cc(Cl)c(Cl)c2c1=O. The number of rotatable bonds is 4. The number of hydrogen-bond donors (Lipinski definition) is 2. The molecule has 1 heterocycles. The Morgan fingerprint density at radius 3 is 2.39 bits per heavy atom. The highest BCUT2D eigenvalue weighted by molar-refractivity contribution is 6.47. The molecule has 0 saturated carbocycles. The molecule has 146 valence electrons. The Morgan fingerprint density at radius 1 is 1.11 bits per heavy atom. The molecule has 28 heavy (non-hydrogen) atoms. The van der Waals surface area contributed by atoms with E-state index in [0.29, 0.717) is 6.07 Å². The van der Waals surface area contributed by atoms with Gasteiger partial charge in [0, 0.05) is 12.0 Å². The van der Waals surface area contributed by atoms with Crippen molar-refractivity contribution in [1.29, 1.82) is 0 Å². The number of anilines is 2. The normalized spacial score (nSPS) is 11.3. The molecule has 2 N–H and O–H groups in total. The van der Waals surface area contributed by atoms with E-state index in [4.69, 9.17) is 34.8 Å². The molecule has 0 saturated heterocycles. The molecule has 0 amide bonds. The first-order chi connectivity index (χ1) is 13.1. The van der Waals surface area contributed by atoms with Crippen molar-refractivity contribution in [3.05, 3.63) is 66.8 Å². The van der Waals surface area contributed by atoms with Gasteiger partial charge in [-0.2, -0.15) is 0 Å². The van der Waals surface area contributed by atoms with Gasteiger partial charge in [0.2, 0.25) is 5.43 Å². The summed E-state index contributed by atoms with van der Waals surface area (Å²) in [6.45, 7) is 3.22. The number of fused-ring (bicyclic) bond motifs is 1. The number of hydrogen-bond acceptors (Lipinski definition) is 3. The second-order valence-corrected chi connectivity index (χ2v) is 7.57. The number of carbonyl (C=O) groups is 1. The Balaban J connectivity index is 2.36. The van der Waals surface area contributed by atoms with Crippen LogP contribution in [0.2, 0.25) is 15.1 Å². The highest BCUT2D eigenvalue weighted by Gasteiger charge is 2.25. The zero-order valence-corrected chi connectivity index (χ0v) is 16.9. The van der Waals surface area contributed by atoms with E-state index >= 15 is 0 Å². The zero-order chi connectivity index (χ0) is 20.7. The summed E-state index contributed by atoms with van der Waals surface area (Å²) in [5.74, 6) is -2.78. The number of ketones is 1. The third-order valence-corrected chi connectivity index (χ3v) is 5.17. The fourth-order valence-corrected chi connectivity index (χ4v) is 3.45. The van der Waals surface area contributed by atoms with Gasteiger partial charge in [0.25, 0.3) is 0 Å². The van der Waals surface area contributed by atoms with Gasteiger partial charge in [-0.25, -0.2) is 8.78 Å². The van der Waals surface area contributed by atoms with Crippen LogP contribution in [0, 0.1) is 17.6 Å². The van der Waals surface area contributed by atoms with Crippen LogP contribution >= 0.6 is 34.8 Å². The van der Waals surface area contributed by atoms with E-state index in [1.807, 2.05) is 0 Å². The van der Waals surface area contributed by atoms with E-state index in [1.54, 1.807) is 13.8 Å². The molecule has 0 aliphatic carbocycles. The number of H-pyrrole nitrogens is 1. The third-order valence-electron chi connectivity index (χ3n) is 4.09. The molecular formula is C19H13Cl3F2N2O2. The molecule has 4 nitrogen and oxygen atoms in total. The summed E-state index contributed by atoms with van der Waals surface area (Å²) in [6, 6.07) is 4.20. The van der Waals surface area contributed by atoms with E-state index in [0.717, 1.165) is 12.1 Å². The Morgan fingerprint density at radius 2 is 1.79 bits per heavy atom. The first kappa shape index (κ1) is 20.6. The summed E-state index contributed by atoms with van der Waals surface area (Å²) in [5.41, 5.74) is -0.963. The second kappa shape index (κ2) is 7.70. The van der Waals surface area contributed by atoms with E-state index in [-0.39, 0.29) is 43.0 Å². The summed E-state index contributed by atoms with van der Waals surface area (Å²) in [5, 5.41) is 2.69. The van der Waals surface area contributed by atoms with E-state index < -0.39 is 28.8 Å². The van der Waals surface area contributed by atoms with Crippen LogP contribution in [-0.2, 0) is 0 Å². The van der Waals surface area contributed by atoms with Crippen LogP contribution in [0.5, 0.6) is 0 Å². The first-order valence-corrected chi connectivity index (χ1v) is 9.25. The topological polar surface area (TPSA) is 62.0 Å². The van der Waals surface area contributed by atoms with Gasteiger partial charge in [0.1, 0.15) is 23.0 Å². The molecule has 0 atom stereocenters. The van der Waals surface area contributed by atoms with Gasteiger partial charge in [-0.15, -0.1) is 0 Å². The van der Waals surface area contributed by atoms with Crippen molar-refractivity contribution in [2.75, 3.05) is 5.32 Å². The molecule has 0 aliphatic heterocycles. The highest BCUT2D eigenvalue weighted by Crippen LogP contribution is 2.35. The predicted molar refractivity (Wildman–Crippen MR) is 108 cm³/mol. The van der Waals surface area contributed by atoms with Crippen molar-refractivity contribution in [3.8, 4) is 0 Å². The molecule has 0 aliphatic rings. The zero-order valence-electron chi connectivity index (χ0n) is 14.6. The molecule has 2 aromatic carbocycles.